The first-order valence-corrected chi connectivity index (χ1v) is 12.2. The predicted molar refractivity (Wildman–Crippen MR) is 131 cm³/mol. The number of carbonyl (C=O) groups excluding carboxylic acids is 2. The van der Waals surface area contributed by atoms with Gasteiger partial charge in [0.05, 0.1) is 6.04 Å². The van der Waals surface area contributed by atoms with Crippen molar-refractivity contribution in [1.29, 1.82) is 0 Å². The first kappa shape index (κ1) is 23.1. The van der Waals surface area contributed by atoms with Crippen LogP contribution in [0, 0.1) is 5.92 Å². The molecular weight excluding hydrogens is 444 g/mol. The van der Waals surface area contributed by atoms with E-state index in [1.165, 1.54) is 16.0 Å². The van der Waals surface area contributed by atoms with Crippen molar-refractivity contribution in [1.82, 2.24) is 10.2 Å². The van der Waals surface area contributed by atoms with Crippen molar-refractivity contribution >= 4 is 18.0 Å². The molecule has 3 aliphatic carbocycles. The van der Waals surface area contributed by atoms with E-state index in [1.807, 2.05) is 36.4 Å². The van der Waals surface area contributed by atoms with E-state index in [2.05, 4.69) is 29.6 Å². The highest BCUT2D eigenvalue weighted by molar-refractivity contribution is 5.89. The molecular formula is C28H30N2O5. The van der Waals surface area contributed by atoms with E-state index in [9.17, 15) is 19.5 Å². The minimum atomic E-state index is -1.09. The minimum Gasteiger partial charge on any atom is -0.479 e. The van der Waals surface area contributed by atoms with Crippen molar-refractivity contribution in [3.05, 3.63) is 71.8 Å². The van der Waals surface area contributed by atoms with Gasteiger partial charge in [-0.2, -0.15) is 0 Å². The number of hydrogen-bond acceptors (Lipinski definition) is 4. The lowest BCUT2D eigenvalue weighted by Crippen LogP contribution is -2.61. The van der Waals surface area contributed by atoms with Crippen molar-refractivity contribution < 1.29 is 24.2 Å². The van der Waals surface area contributed by atoms with Gasteiger partial charge in [-0.15, -0.1) is 0 Å². The number of fused-ring (bicyclic) bond motifs is 3. The molecule has 0 spiro atoms. The van der Waals surface area contributed by atoms with Gasteiger partial charge in [0, 0.05) is 18.9 Å². The normalized spacial score (nSPS) is 21.9. The number of ether oxygens (including phenoxy) is 1. The Kier molecular flexibility index (Phi) is 6.09. The second kappa shape index (κ2) is 9.21. The fraction of sp³-hybridized carbons (Fsp3) is 0.393. The molecule has 2 atom stereocenters. The summed E-state index contributed by atoms with van der Waals surface area (Å²) in [5.41, 5.74) is 3.55. The Morgan fingerprint density at radius 1 is 1.06 bits per heavy atom. The average Bonchev–Trinajstić information content (AvgIpc) is 3.15. The maximum atomic E-state index is 13.1. The van der Waals surface area contributed by atoms with Gasteiger partial charge in [-0.1, -0.05) is 60.7 Å². The fourth-order valence-corrected chi connectivity index (χ4v) is 5.68. The van der Waals surface area contributed by atoms with Crippen LogP contribution in [0.1, 0.15) is 49.1 Å². The number of rotatable bonds is 6. The molecule has 1 saturated carbocycles. The number of amides is 2. The van der Waals surface area contributed by atoms with Crippen molar-refractivity contribution in [3.8, 4) is 11.1 Å². The molecule has 2 aromatic carbocycles. The van der Waals surface area contributed by atoms with Gasteiger partial charge in [0.2, 0.25) is 5.91 Å². The van der Waals surface area contributed by atoms with E-state index in [4.69, 9.17) is 4.74 Å². The second-order valence-corrected chi connectivity index (χ2v) is 9.76. The molecule has 182 valence electrons. The van der Waals surface area contributed by atoms with Crippen molar-refractivity contribution in [2.75, 3.05) is 13.7 Å². The summed E-state index contributed by atoms with van der Waals surface area (Å²) in [6.07, 6.45) is 5.94. The van der Waals surface area contributed by atoms with E-state index in [0.29, 0.717) is 25.7 Å². The molecule has 2 aromatic rings. The van der Waals surface area contributed by atoms with E-state index in [1.54, 1.807) is 7.05 Å². The highest BCUT2D eigenvalue weighted by Crippen LogP contribution is 2.44. The van der Waals surface area contributed by atoms with E-state index >= 15 is 0 Å². The third-order valence-electron chi connectivity index (χ3n) is 7.88. The Morgan fingerprint density at radius 2 is 1.69 bits per heavy atom. The van der Waals surface area contributed by atoms with Crippen LogP contribution in [0.25, 0.3) is 11.1 Å². The molecule has 1 fully saturated rings. The fourth-order valence-electron chi connectivity index (χ4n) is 5.68. The molecule has 7 heteroatoms. The third-order valence-corrected chi connectivity index (χ3v) is 7.88. The quantitative estimate of drug-likeness (QED) is 0.608. The predicted octanol–water partition coefficient (Wildman–Crippen LogP) is 4.33. The minimum absolute atomic E-state index is 0.0206. The molecule has 0 radical (unpaired) electrons. The molecule has 0 heterocycles. The van der Waals surface area contributed by atoms with Crippen molar-refractivity contribution in [2.24, 2.45) is 5.92 Å². The molecule has 3 aliphatic rings. The number of allylic oxidation sites excluding steroid dienone is 1. The Balaban J connectivity index is 1.19. The Morgan fingerprint density at radius 3 is 2.26 bits per heavy atom. The Labute approximate surface area is 204 Å². The number of benzene rings is 2. The summed E-state index contributed by atoms with van der Waals surface area (Å²) >= 11 is 0. The highest BCUT2D eigenvalue weighted by Gasteiger charge is 2.50. The smallest absolute Gasteiger partial charge is 0.407 e. The van der Waals surface area contributed by atoms with Crippen LogP contribution in [0.4, 0.5) is 4.79 Å². The van der Waals surface area contributed by atoms with Crippen LogP contribution in [0.5, 0.6) is 0 Å². The van der Waals surface area contributed by atoms with Crippen LogP contribution in [-0.2, 0) is 14.3 Å². The molecule has 35 heavy (non-hydrogen) atoms. The van der Waals surface area contributed by atoms with Crippen molar-refractivity contribution in [2.45, 2.75) is 49.6 Å². The number of nitrogens with zero attached hydrogens (tertiary/aromatic N) is 1. The van der Waals surface area contributed by atoms with Gasteiger partial charge in [-0.3, -0.25) is 4.79 Å². The molecule has 2 unspecified atom stereocenters. The van der Waals surface area contributed by atoms with Crippen LogP contribution in [0.2, 0.25) is 0 Å². The molecule has 0 bridgehead atoms. The van der Waals surface area contributed by atoms with Gasteiger partial charge < -0.3 is 20.1 Å². The lowest BCUT2D eigenvalue weighted by atomic mass is 9.74. The summed E-state index contributed by atoms with van der Waals surface area (Å²) in [6.45, 7) is 0.225. The molecule has 0 aromatic heterocycles. The van der Waals surface area contributed by atoms with Gasteiger partial charge >= 0.3 is 12.1 Å². The average molecular weight is 475 g/mol. The Bertz CT molecular complexity index is 1140. The number of carboxylic acids is 1. The van der Waals surface area contributed by atoms with Crippen LogP contribution in [0.3, 0.4) is 0 Å². The molecule has 0 saturated heterocycles. The molecule has 7 nitrogen and oxygen atoms in total. The molecule has 2 N–H and O–H groups in total. The number of nitrogens with one attached hydrogen (secondary N) is 1. The first-order valence-electron chi connectivity index (χ1n) is 12.2. The zero-order chi connectivity index (χ0) is 24.6. The summed E-state index contributed by atoms with van der Waals surface area (Å²) < 4.78 is 5.64. The number of hydrogen-bond donors (Lipinski definition) is 2. The topological polar surface area (TPSA) is 95.9 Å². The number of aliphatic carboxylic acids is 1. The van der Waals surface area contributed by atoms with Crippen molar-refractivity contribution in [3.63, 3.8) is 0 Å². The summed E-state index contributed by atoms with van der Waals surface area (Å²) in [4.78, 5) is 39.0. The standard InChI is InChI=1S/C28H30N2O5/c1-30(28(26(32)33)14-7-15-28)25(31)18-8-6-9-19(16-18)29-27(34)35-17-24-22-12-4-2-10-20(22)21-11-3-5-13-23(21)24/h2-6,9-13,18-19,24H,7-8,14-17H2,1H3,(H,29,34)(H,32,33). The first-order chi connectivity index (χ1) is 16.9. The summed E-state index contributed by atoms with van der Waals surface area (Å²) in [5, 5.41) is 12.5. The molecule has 0 aliphatic heterocycles. The van der Waals surface area contributed by atoms with E-state index in [-0.39, 0.29) is 30.4 Å². The highest BCUT2D eigenvalue weighted by atomic mass is 16.5. The number of likely N-dealkylation sites (N-methyl/N-ethyl adjacent to an activating group) is 1. The maximum absolute atomic E-state index is 13.1. The van der Waals surface area contributed by atoms with Crippen LogP contribution in [0.15, 0.2) is 60.7 Å². The van der Waals surface area contributed by atoms with Gasteiger partial charge in [0.1, 0.15) is 12.1 Å². The lowest BCUT2D eigenvalue weighted by Gasteiger charge is -2.46. The zero-order valence-electron chi connectivity index (χ0n) is 19.8. The number of alkyl carbamates (subject to hydrolysis) is 1. The van der Waals surface area contributed by atoms with Gasteiger partial charge in [-0.05, 0) is 54.4 Å². The molecule has 2 amide bonds. The monoisotopic (exact) mass is 474 g/mol. The lowest BCUT2D eigenvalue weighted by molar-refractivity contribution is -0.166. The number of carboxylic acid groups (broad SMARTS) is 1. The molecule has 5 rings (SSSR count). The van der Waals surface area contributed by atoms with Gasteiger partial charge in [0.25, 0.3) is 0 Å². The summed E-state index contributed by atoms with van der Waals surface area (Å²) in [5.74, 6) is -1.52. The Hall–Kier alpha value is -3.61. The van der Waals surface area contributed by atoms with Crippen LogP contribution in [-0.4, -0.2) is 53.2 Å². The third kappa shape index (κ3) is 4.09. The number of carbonyl (C=O) groups is 3. The second-order valence-electron chi connectivity index (χ2n) is 9.76. The SMILES string of the molecule is CN(C(=O)C1CC=CC(NC(=O)OCC2c3ccccc3-c3ccccc32)C1)C1(C(=O)O)CCC1. The largest absolute Gasteiger partial charge is 0.479 e. The summed E-state index contributed by atoms with van der Waals surface area (Å²) in [7, 11) is 1.59. The summed E-state index contributed by atoms with van der Waals surface area (Å²) in [6, 6.07) is 16.0. The maximum Gasteiger partial charge on any atom is 0.407 e. The zero-order valence-corrected chi connectivity index (χ0v) is 19.8. The van der Waals surface area contributed by atoms with E-state index in [0.717, 1.165) is 17.5 Å². The van der Waals surface area contributed by atoms with Crippen LogP contribution < -0.4 is 5.32 Å². The van der Waals surface area contributed by atoms with Gasteiger partial charge in [-0.25, -0.2) is 9.59 Å². The van der Waals surface area contributed by atoms with E-state index < -0.39 is 17.6 Å². The van der Waals surface area contributed by atoms with Crippen LogP contribution >= 0.6 is 0 Å². The van der Waals surface area contributed by atoms with Gasteiger partial charge in [0.15, 0.2) is 0 Å².